The maximum Gasteiger partial charge on any atom is 0.291 e. The number of aryl methyl sites for hydroxylation is 2. The third kappa shape index (κ3) is 3.03. The summed E-state index contributed by atoms with van der Waals surface area (Å²) in [7, 11) is 0. The Kier molecular flexibility index (Phi) is 4.50. The van der Waals surface area contributed by atoms with Gasteiger partial charge in [-0.25, -0.2) is 4.98 Å². The lowest BCUT2D eigenvalue weighted by atomic mass is 9.89. The molecule has 30 heavy (non-hydrogen) atoms. The van der Waals surface area contributed by atoms with Gasteiger partial charge in [0.1, 0.15) is 17.6 Å². The summed E-state index contributed by atoms with van der Waals surface area (Å²) in [5, 5.41) is 0.956. The molecule has 5 rings (SSSR count). The molecule has 1 fully saturated rings. The second-order valence-electron chi connectivity index (χ2n) is 7.68. The minimum absolute atomic E-state index is 0.388. The van der Waals surface area contributed by atoms with Gasteiger partial charge in [0.2, 0.25) is 5.78 Å². The number of rotatable bonds is 6. The van der Waals surface area contributed by atoms with Crippen LogP contribution in [0.5, 0.6) is 0 Å². The summed E-state index contributed by atoms with van der Waals surface area (Å²) in [5.74, 6) is -0.0405. The van der Waals surface area contributed by atoms with Gasteiger partial charge in [-0.2, -0.15) is 0 Å². The zero-order chi connectivity index (χ0) is 20.7. The van der Waals surface area contributed by atoms with Crippen LogP contribution in [-0.2, 0) is 16.1 Å². The number of benzene rings is 1. The zero-order valence-corrected chi connectivity index (χ0v) is 16.6. The minimum Gasteiger partial charge on any atom is -0.464 e. The summed E-state index contributed by atoms with van der Waals surface area (Å²) >= 11 is 0. The average molecular weight is 402 g/mol. The molecular weight excluding hydrogens is 380 g/mol. The number of carbonyl (C=O) groups excluding carboxylic acids is 2. The Bertz CT molecular complexity index is 1200. The maximum atomic E-state index is 13.2. The Morgan fingerprint density at radius 1 is 1.13 bits per heavy atom. The first kappa shape index (κ1) is 18.4. The number of furan rings is 1. The SMILES string of the molecule is Cc1ccc(C2C(c3c[nH]c4ccccc34)C(=O)C(=O)N2CCCn2ccnc2)o1. The first-order valence-electron chi connectivity index (χ1n) is 10.1. The van der Waals surface area contributed by atoms with Crippen LogP contribution in [0.15, 0.2) is 65.7 Å². The van der Waals surface area contributed by atoms with Gasteiger partial charge in [0.05, 0.1) is 12.2 Å². The van der Waals surface area contributed by atoms with Gasteiger partial charge in [-0.15, -0.1) is 0 Å². The molecule has 0 aliphatic carbocycles. The molecule has 2 unspecified atom stereocenters. The molecule has 0 spiro atoms. The number of para-hydroxylation sites is 1. The van der Waals surface area contributed by atoms with Gasteiger partial charge in [0.25, 0.3) is 5.91 Å². The van der Waals surface area contributed by atoms with Crippen LogP contribution in [0.3, 0.4) is 0 Å². The number of H-pyrrole nitrogens is 1. The third-order valence-corrected chi connectivity index (χ3v) is 5.79. The molecule has 0 radical (unpaired) electrons. The van der Waals surface area contributed by atoms with Crippen LogP contribution in [-0.4, -0.2) is 37.7 Å². The Morgan fingerprint density at radius 2 is 2.00 bits per heavy atom. The van der Waals surface area contributed by atoms with Crippen molar-refractivity contribution in [1.29, 1.82) is 0 Å². The number of carbonyl (C=O) groups is 2. The van der Waals surface area contributed by atoms with Gasteiger partial charge >= 0.3 is 0 Å². The smallest absolute Gasteiger partial charge is 0.291 e. The lowest BCUT2D eigenvalue weighted by molar-refractivity contribution is -0.140. The van der Waals surface area contributed by atoms with Crippen LogP contribution in [0.4, 0.5) is 0 Å². The van der Waals surface area contributed by atoms with Crippen molar-refractivity contribution in [2.45, 2.75) is 31.8 Å². The van der Waals surface area contributed by atoms with E-state index in [0.717, 1.165) is 28.8 Å². The fourth-order valence-electron chi connectivity index (χ4n) is 4.40. The number of ketones is 1. The average Bonchev–Trinajstić information content (AvgIpc) is 3.52. The predicted molar refractivity (Wildman–Crippen MR) is 111 cm³/mol. The van der Waals surface area contributed by atoms with E-state index < -0.39 is 17.9 Å². The van der Waals surface area contributed by atoms with Gasteiger partial charge in [-0.3, -0.25) is 9.59 Å². The van der Waals surface area contributed by atoms with Crippen molar-refractivity contribution in [2.24, 2.45) is 0 Å². The van der Waals surface area contributed by atoms with E-state index in [2.05, 4.69) is 9.97 Å². The first-order chi connectivity index (χ1) is 14.6. The van der Waals surface area contributed by atoms with E-state index in [-0.39, 0.29) is 5.78 Å². The summed E-state index contributed by atoms with van der Waals surface area (Å²) in [5.41, 5.74) is 1.78. The molecule has 0 saturated carbocycles. The number of fused-ring (bicyclic) bond motifs is 1. The summed E-state index contributed by atoms with van der Waals surface area (Å²) in [6, 6.07) is 11.1. The minimum atomic E-state index is -0.604. The van der Waals surface area contributed by atoms with Gasteiger partial charge in [0, 0.05) is 42.6 Å². The molecule has 4 heterocycles. The van der Waals surface area contributed by atoms with E-state index in [1.807, 2.05) is 60.3 Å². The first-order valence-corrected chi connectivity index (χ1v) is 10.1. The number of imidazole rings is 1. The molecule has 1 aliphatic rings. The monoisotopic (exact) mass is 402 g/mol. The van der Waals surface area contributed by atoms with Gasteiger partial charge < -0.3 is 18.9 Å². The molecule has 4 aromatic rings. The molecule has 0 bridgehead atoms. The quantitative estimate of drug-likeness (QED) is 0.500. The largest absolute Gasteiger partial charge is 0.464 e. The number of nitrogens with one attached hydrogen (secondary N) is 1. The molecule has 1 saturated heterocycles. The number of nitrogens with zero attached hydrogens (tertiary/aromatic N) is 3. The van der Waals surface area contributed by atoms with E-state index in [1.165, 1.54) is 0 Å². The second kappa shape index (κ2) is 7.33. The number of amides is 1. The predicted octanol–water partition coefficient (Wildman–Crippen LogP) is 3.59. The van der Waals surface area contributed by atoms with Crippen molar-refractivity contribution < 1.29 is 14.0 Å². The number of Topliss-reactive ketones (excluding diaryl/α,β-unsaturated/α-hetero) is 1. The highest BCUT2D eigenvalue weighted by atomic mass is 16.3. The number of hydrogen-bond donors (Lipinski definition) is 1. The number of aromatic amines is 1. The Labute approximate surface area is 173 Å². The Balaban J connectivity index is 1.52. The van der Waals surface area contributed by atoms with Gasteiger partial charge in [-0.1, -0.05) is 18.2 Å². The highest BCUT2D eigenvalue weighted by Gasteiger charge is 2.50. The molecule has 1 aromatic carbocycles. The fraction of sp³-hybridized carbons (Fsp3) is 0.261. The molecule has 3 aromatic heterocycles. The second-order valence-corrected chi connectivity index (χ2v) is 7.68. The van der Waals surface area contributed by atoms with Crippen molar-refractivity contribution in [3.8, 4) is 0 Å². The van der Waals surface area contributed by atoms with Crippen molar-refractivity contribution in [2.75, 3.05) is 6.54 Å². The van der Waals surface area contributed by atoms with Crippen molar-refractivity contribution >= 4 is 22.6 Å². The van der Waals surface area contributed by atoms with Crippen LogP contribution in [0.2, 0.25) is 0 Å². The van der Waals surface area contributed by atoms with Gasteiger partial charge in [-0.05, 0) is 37.1 Å². The van der Waals surface area contributed by atoms with E-state index >= 15 is 0 Å². The molecular formula is C23H22N4O3. The molecule has 2 atom stereocenters. The lowest BCUT2D eigenvalue weighted by Crippen LogP contribution is -2.31. The highest BCUT2D eigenvalue weighted by Crippen LogP contribution is 2.45. The number of hydrogen-bond acceptors (Lipinski definition) is 4. The Morgan fingerprint density at radius 3 is 2.77 bits per heavy atom. The van der Waals surface area contributed by atoms with Crippen LogP contribution < -0.4 is 0 Å². The van der Waals surface area contributed by atoms with E-state index in [4.69, 9.17) is 4.42 Å². The molecule has 7 heteroatoms. The number of aromatic nitrogens is 3. The summed E-state index contributed by atoms with van der Waals surface area (Å²) in [6.45, 7) is 3.05. The van der Waals surface area contributed by atoms with E-state index in [9.17, 15) is 9.59 Å². The Hall–Kier alpha value is -3.61. The fourth-order valence-corrected chi connectivity index (χ4v) is 4.40. The molecule has 7 nitrogen and oxygen atoms in total. The molecule has 1 N–H and O–H groups in total. The zero-order valence-electron chi connectivity index (χ0n) is 16.6. The summed E-state index contributed by atoms with van der Waals surface area (Å²) in [4.78, 5) is 35.2. The third-order valence-electron chi connectivity index (χ3n) is 5.79. The van der Waals surface area contributed by atoms with E-state index in [1.54, 1.807) is 17.4 Å². The molecule has 1 aliphatic heterocycles. The molecule has 1 amide bonds. The maximum absolute atomic E-state index is 13.2. The van der Waals surface area contributed by atoms with Crippen LogP contribution in [0.1, 0.15) is 35.5 Å². The van der Waals surface area contributed by atoms with Crippen LogP contribution in [0.25, 0.3) is 10.9 Å². The van der Waals surface area contributed by atoms with Crippen LogP contribution >= 0.6 is 0 Å². The van der Waals surface area contributed by atoms with Gasteiger partial charge in [0.15, 0.2) is 0 Å². The topological polar surface area (TPSA) is 84.1 Å². The summed E-state index contributed by atoms with van der Waals surface area (Å²) in [6.07, 6.45) is 7.93. The summed E-state index contributed by atoms with van der Waals surface area (Å²) < 4.78 is 7.88. The van der Waals surface area contributed by atoms with E-state index in [0.29, 0.717) is 18.7 Å². The highest BCUT2D eigenvalue weighted by molar-refractivity contribution is 6.40. The van der Waals surface area contributed by atoms with Crippen LogP contribution in [0, 0.1) is 6.92 Å². The lowest BCUT2D eigenvalue weighted by Gasteiger charge is -2.25. The number of likely N-dealkylation sites (tertiary alicyclic amines) is 1. The standard InChI is InChI=1S/C23H22N4O3/c1-15-7-8-19(30-15)21-20(17-13-25-18-6-3-2-5-16(17)18)22(28)23(29)27(21)11-4-10-26-12-9-24-14-26/h2-3,5-9,12-14,20-21,25H,4,10-11H2,1H3. The van der Waals surface area contributed by atoms with Crippen molar-refractivity contribution in [1.82, 2.24) is 19.4 Å². The van der Waals surface area contributed by atoms with Crippen molar-refractivity contribution in [3.05, 3.63) is 78.4 Å². The molecule has 152 valence electrons. The normalized spacial score (nSPS) is 19.3. The van der Waals surface area contributed by atoms with Crippen molar-refractivity contribution in [3.63, 3.8) is 0 Å².